The summed E-state index contributed by atoms with van der Waals surface area (Å²) in [6, 6.07) is 0. The highest BCUT2D eigenvalue weighted by Gasteiger charge is 2.08. The fourth-order valence-corrected chi connectivity index (χ4v) is 1.21. The largest absolute Gasteiger partial charge is 0.393 e. The second-order valence-corrected chi connectivity index (χ2v) is 3.91. The average Bonchev–Trinajstić information content (AvgIpc) is 1.99. The van der Waals surface area contributed by atoms with E-state index in [0.29, 0.717) is 5.92 Å². The number of hydrogen-bond acceptors (Lipinski definition) is 2. The number of aliphatic hydroxyl groups excluding tert-OH is 1. The summed E-state index contributed by atoms with van der Waals surface area (Å²) < 4.78 is 5.09. The summed E-state index contributed by atoms with van der Waals surface area (Å²) >= 11 is 0. The highest BCUT2D eigenvalue weighted by atomic mass is 16.5. The Morgan fingerprint density at radius 1 is 1.17 bits per heavy atom. The van der Waals surface area contributed by atoms with Crippen molar-refractivity contribution in [2.45, 2.75) is 52.2 Å². The lowest BCUT2D eigenvalue weighted by Gasteiger charge is -2.15. The molecule has 12 heavy (non-hydrogen) atoms. The first-order valence-corrected chi connectivity index (χ1v) is 4.77. The molecule has 0 aromatic heterocycles. The van der Waals surface area contributed by atoms with Crippen LogP contribution < -0.4 is 0 Å². The molecule has 0 amide bonds. The molecular weight excluding hydrogens is 152 g/mol. The fraction of sp³-hybridized carbons (Fsp3) is 1.00. The predicted molar refractivity (Wildman–Crippen MR) is 51.2 cm³/mol. The van der Waals surface area contributed by atoms with Gasteiger partial charge in [-0.25, -0.2) is 0 Å². The molecule has 2 nitrogen and oxygen atoms in total. The lowest BCUT2D eigenvalue weighted by molar-refractivity contribution is 0.0783. The number of ether oxygens (including phenoxy) is 1. The Hall–Kier alpha value is -0.0800. The van der Waals surface area contributed by atoms with Crippen LogP contribution in [0.5, 0.6) is 0 Å². The number of aliphatic hydroxyl groups is 1. The van der Waals surface area contributed by atoms with Crippen molar-refractivity contribution in [3.05, 3.63) is 0 Å². The Kier molecular flexibility index (Phi) is 6.39. The first kappa shape index (κ1) is 11.9. The van der Waals surface area contributed by atoms with Crippen LogP contribution >= 0.6 is 0 Å². The van der Waals surface area contributed by atoms with Gasteiger partial charge >= 0.3 is 0 Å². The van der Waals surface area contributed by atoms with E-state index in [4.69, 9.17) is 4.74 Å². The van der Waals surface area contributed by atoms with Crippen molar-refractivity contribution in [2.75, 3.05) is 7.11 Å². The molecule has 0 spiro atoms. The van der Waals surface area contributed by atoms with Gasteiger partial charge in [-0.3, -0.25) is 0 Å². The van der Waals surface area contributed by atoms with Crippen LogP contribution in [0.15, 0.2) is 0 Å². The zero-order valence-electron chi connectivity index (χ0n) is 8.71. The molecular formula is C10H22O2. The van der Waals surface area contributed by atoms with Crippen molar-refractivity contribution in [3.63, 3.8) is 0 Å². The van der Waals surface area contributed by atoms with Gasteiger partial charge in [0.15, 0.2) is 0 Å². The van der Waals surface area contributed by atoms with Crippen molar-refractivity contribution in [1.29, 1.82) is 0 Å². The van der Waals surface area contributed by atoms with E-state index in [9.17, 15) is 5.11 Å². The van der Waals surface area contributed by atoms with E-state index in [1.165, 1.54) is 0 Å². The molecule has 0 saturated heterocycles. The summed E-state index contributed by atoms with van der Waals surface area (Å²) in [7, 11) is 1.71. The summed E-state index contributed by atoms with van der Waals surface area (Å²) in [6.45, 7) is 6.29. The second-order valence-electron chi connectivity index (χ2n) is 3.91. The first-order valence-electron chi connectivity index (χ1n) is 4.77. The van der Waals surface area contributed by atoms with Crippen LogP contribution in [0, 0.1) is 5.92 Å². The smallest absolute Gasteiger partial charge is 0.0544 e. The Morgan fingerprint density at radius 3 is 2.17 bits per heavy atom. The standard InChI is InChI=1S/C10H22O2/c1-8(2)7-10(11)6-5-9(3)12-4/h8-11H,5-7H2,1-4H3. The molecule has 2 unspecified atom stereocenters. The minimum atomic E-state index is -0.150. The third kappa shape index (κ3) is 6.62. The molecule has 0 rings (SSSR count). The molecule has 2 atom stereocenters. The van der Waals surface area contributed by atoms with Crippen LogP contribution in [0.25, 0.3) is 0 Å². The van der Waals surface area contributed by atoms with Crippen LogP contribution in [0.3, 0.4) is 0 Å². The van der Waals surface area contributed by atoms with Gasteiger partial charge in [0.05, 0.1) is 12.2 Å². The number of methoxy groups -OCH3 is 1. The summed E-state index contributed by atoms with van der Waals surface area (Å²) in [6.07, 6.45) is 2.82. The van der Waals surface area contributed by atoms with Crippen molar-refractivity contribution in [3.8, 4) is 0 Å². The van der Waals surface area contributed by atoms with Gasteiger partial charge in [0.2, 0.25) is 0 Å². The molecule has 0 fully saturated rings. The normalized spacial score (nSPS) is 16.5. The number of rotatable bonds is 6. The zero-order valence-corrected chi connectivity index (χ0v) is 8.71. The zero-order chi connectivity index (χ0) is 9.56. The first-order chi connectivity index (χ1) is 5.56. The maximum atomic E-state index is 9.51. The van der Waals surface area contributed by atoms with Crippen molar-refractivity contribution < 1.29 is 9.84 Å². The van der Waals surface area contributed by atoms with Crippen LogP contribution in [0.1, 0.15) is 40.0 Å². The van der Waals surface area contributed by atoms with E-state index >= 15 is 0 Å². The molecule has 0 radical (unpaired) electrons. The Morgan fingerprint density at radius 2 is 1.75 bits per heavy atom. The summed E-state index contributed by atoms with van der Waals surface area (Å²) in [4.78, 5) is 0. The molecule has 1 N–H and O–H groups in total. The fourth-order valence-electron chi connectivity index (χ4n) is 1.21. The maximum Gasteiger partial charge on any atom is 0.0544 e. The topological polar surface area (TPSA) is 29.5 Å². The SMILES string of the molecule is COC(C)CCC(O)CC(C)C. The molecule has 0 bridgehead atoms. The third-order valence-corrected chi connectivity index (χ3v) is 2.05. The van der Waals surface area contributed by atoms with Gasteiger partial charge in [0, 0.05) is 7.11 Å². The van der Waals surface area contributed by atoms with Crippen molar-refractivity contribution in [1.82, 2.24) is 0 Å². The van der Waals surface area contributed by atoms with E-state index in [-0.39, 0.29) is 12.2 Å². The monoisotopic (exact) mass is 174 g/mol. The van der Waals surface area contributed by atoms with Crippen LogP contribution in [-0.4, -0.2) is 24.4 Å². The van der Waals surface area contributed by atoms with Crippen molar-refractivity contribution >= 4 is 0 Å². The average molecular weight is 174 g/mol. The quantitative estimate of drug-likeness (QED) is 0.669. The highest BCUT2D eigenvalue weighted by molar-refractivity contribution is 4.61. The molecule has 2 heteroatoms. The molecule has 0 aliphatic rings. The molecule has 0 aliphatic heterocycles. The van der Waals surface area contributed by atoms with Crippen LogP contribution in [-0.2, 0) is 4.74 Å². The van der Waals surface area contributed by atoms with Crippen LogP contribution in [0.2, 0.25) is 0 Å². The third-order valence-electron chi connectivity index (χ3n) is 2.05. The van der Waals surface area contributed by atoms with Gasteiger partial charge in [-0.05, 0) is 32.1 Å². The van der Waals surface area contributed by atoms with Gasteiger partial charge in [0.1, 0.15) is 0 Å². The predicted octanol–water partition coefficient (Wildman–Crippen LogP) is 2.21. The summed E-state index contributed by atoms with van der Waals surface area (Å²) in [5.41, 5.74) is 0. The van der Waals surface area contributed by atoms with E-state index in [2.05, 4.69) is 13.8 Å². The maximum absolute atomic E-state index is 9.51. The Balaban J connectivity index is 3.36. The molecule has 74 valence electrons. The van der Waals surface area contributed by atoms with Crippen LogP contribution in [0.4, 0.5) is 0 Å². The number of hydrogen-bond donors (Lipinski definition) is 1. The minimum absolute atomic E-state index is 0.150. The van der Waals surface area contributed by atoms with Gasteiger partial charge in [-0.2, -0.15) is 0 Å². The van der Waals surface area contributed by atoms with E-state index in [1.807, 2.05) is 6.92 Å². The van der Waals surface area contributed by atoms with E-state index in [0.717, 1.165) is 19.3 Å². The van der Waals surface area contributed by atoms with Crippen molar-refractivity contribution in [2.24, 2.45) is 5.92 Å². The van der Waals surface area contributed by atoms with Gasteiger partial charge < -0.3 is 9.84 Å². The second kappa shape index (κ2) is 6.44. The van der Waals surface area contributed by atoms with E-state index in [1.54, 1.807) is 7.11 Å². The molecule has 0 heterocycles. The van der Waals surface area contributed by atoms with E-state index < -0.39 is 0 Å². The van der Waals surface area contributed by atoms with Gasteiger partial charge in [0.25, 0.3) is 0 Å². The van der Waals surface area contributed by atoms with Gasteiger partial charge in [-0.1, -0.05) is 13.8 Å². The minimum Gasteiger partial charge on any atom is -0.393 e. The molecule has 0 saturated carbocycles. The molecule has 0 aliphatic carbocycles. The summed E-state index contributed by atoms with van der Waals surface area (Å²) in [5, 5.41) is 9.51. The lowest BCUT2D eigenvalue weighted by atomic mass is 10.0. The Labute approximate surface area is 75.9 Å². The molecule has 0 aromatic rings. The van der Waals surface area contributed by atoms with Gasteiger partial charge in [-0.15, -0.1) is 0 Å². The summed E-state index contributed by atoms with van der Waals surface area (Å²) in [5.74, 6) is 0.581. The molecule has 0 aromatic carbocycles. The lowest BCUT2D eigenvalue weighted by Crippen LogP contribution is -2.14. The highest BCUT2D eigenvalue weighted by Crippen LogP contribution is 2.11. The Bertz CT molecular complexity index is 102.